The van der Waals surface area contributed by atoms with Crippen LogP contribution in [0.15, 0.2) is 18.2 Å². The lowest BCUT2D eigenvalue weighted by molar-refractivity contribution is -0.123. The quantitative estimate of drug-likeness (QED) is 0.731. The molecule has 1 saturated carbocycles. The maximum atomic E-state index is 11.6. The van der Waals surface area contributed by atoms with E-state index < -0.39 is 0 Å². The highest BCUT2D eigenvalue weighted by Gasteiger charge is 2.24. The highest BCUT2D eigenvalue weighted by molar-refractivity contribution is 6.13. The number of benzene rings is 1. The van der Waals surface area contributed by atoms with Crippen molar-refractivity contribution < 1.29 is 9.59 Å². The number of rotatable bonds is 2. The van der Waals surface area contributed by atoms with Gasteiger partial charge in [-0.25, -0.2) is 0 Å². The Bertz CT molecular complexity index is 565. The first-order valence-electron chi connectivity index (χ1n) is 7.63. The molecule has 0 aromatic heterocycles. The Morgan fingerprint density at radius 3 is 2.38 bits per heavy atom. The van der Waals surface area contributed by atoms with E-state index in [1.165, 1.54) is 32.1 Å². The molecule has 1 fully saturated rings. The van der Waals surface area contributed by atoms with E-state index in [9.17, 15) is 9.59 Å². The van der Waals surface area contributed by atoms with Crippen molar-refractivity contribution in [3.05, 3.63) is 23.8 Å². The number of hydrogen-bond donors (Lipinski definition) is 3. The second kappa shape index (κ2) is 5.85. The van der Waals surface area contributed by atoms with Crippen molar-refractivity contribution >= 4 is 23.2 Å². The Kier molecular flexibility index (Phi) is 3.92. The minimum atomic E-state index is -0.283. The molecule has 0 radical (unpaired) electrons. The van der Waals surface area contributed by atoms with Crippen LogP contribution in [0.3, 0.4) is 0 Å². The molecule has 1 heterocycles. The molecule has 1 unspecified atom stereocenters. The predicted molar refractivity (Wildman–Crippen MR) is 81.8 cm³/mol. The Morgan fingerprint density at radius 2 is 1.67 bits per heavy atom. The topological polar surface area (TPSA) is 84.2 Å². The molecule has 1 aromatic rings. The van der Waals surface area contributed by atoms with Gasteiger partial charge in [-0.05, 0) is 36.5 Å². The lowest BCUT2D eigenvalue weighted by Gasteiger charge is -2.28. The molecule has 1 atom stereocenters. The first-order valence-corrected chi connectivity index (χ1v) is 7.63. The van der Waals surface area contributed by atoms with Crippen molar-refractivity contribution in [1.29, 1.82) is 0 Å². The fraction of sp³-hybridized carbons (Fsp3) is 0.500. The van der Waals surface area contributed by atoms with E-state index in [0.717, 1.165) is 5.56 Å². The number of carbonyl (C=O) groups excluding carboxylic acids is 2. The molecule has 0 saturated heterocycles. The maximum Gasteiger partial charge on any atom is 0.233 e. The molecule has 112 valence electrons. The zero-order valence-electron chi connectivity index (χ0n) is 12.0. The fourth-order valence-electron chi connectivity index (χ4n) is 3.28. The summed E-state index contributed by atoms with van der Waals surface area (Å²) >= 11 is 0. The van der Waals surface area contributed by atoms with Gasteiger partial charge in [-0.1, -0.05) is 25.3 Å². The van der Waals surface area contributed by atoms with Gasteiger partial charge < -0.3 is 16.4 Å². The summed E-state index contributed by atoms with van der Waals surface area (Å²) in [6, 6.07) is 5.68. The molecular weight excluding hydrogens is 266 g/mol. The van der Waals surface area contributed by atoms with E-state index in [1.807, 2.05) is 18.2 Å². The smallest absolute Gasteiger partial charge is 0.233 e. The van der Waals surface area contributed by atoms with Gasteiger partial charge in [-0.2, -0.15) is 0 Å². The summed E-state index contributed by atoms with van der Waals surface area (Å²) in [6.45, 7) is 0. The van der Waals surface area contributed by atoms with Crippen LogP contribution in [0.2, 0.25) is 0 Å². The van der Waals surface area contributed by atoms with Crippen molar-refractivity contribution in [3.63, 3.8) is 0 Å². The average Bonchev–Trinajstić information content (AvgIpc) is 2.63. The molecule has 0 bridgehead atoms. The van der Waals surface area contributed by atoms with Crippen molar-refractivity contribution in [1.82, 2.24) is 0 Å². The molecule has 3 rings (SSSR count). The molecule has 5 heteroatoms. The number of fused-ring (bicyclic) bond motifs is 1. The SMILES string of the molecule is NC(c1ccc2c(c1)NC(=O)CC(=O)N2)C1CCCCC1. The van der Waals surface area contributed by atoms with Crippen LogP contribution in [-0.4, -0.2) is 11.8 Å². The lowest BCUT2D eigenvalue weighted by atomic mass is 9.81. The third-order valence-corrected chi connectivity index (χ3v) is 4.46. The Hall–Kier alpha value is -1.88. The molecule has 21 heavy (non-hydrogen) atoms. The van der Waals surface area contributed by atoms with E-state index in [4.69, 9.17) is 5.73 Å². The molecule has 5 nitrogen and oxygen atoms in total. The van der Waals surface area contributed by atoms with Crippen LogP contribution in [0.1, 0.15) is 50.1 Å². The van der Waals surface area contributed by atoms with Crippen molar-refractivity contribution in [2.45, 2.75) is 44.6 Å². The maximum absolute atomic E-state index is 11.6. The van der Waals surface area contributed by atoms with Gasteiger partial charge in [0.15, 0.2) is 0 Å². The third-order valence-electron chi connectivity index (χ3n) is 4.46. The number of nitrogens with two attached hydrogens (primary N) is 1. The highest BCUT2D eigenvalue weighted by atomic mass is 16.2. The van der Waals surface area contributed by atoms with Crippen LogP contribution in [0.4, 0.5) is 11.4 Å². The molecule has 4 N–H and O–H groups in total. The number of amides is 2. The minimum absolute atomic E-state index is 0.00791. The predicted octanol–water partition coefficient (Wildman–Crippen LogP) is 2.55. The van der Waals surface area contributed by atoms with Gasteiger partial charge in [0, 0.05) is 6.04 Å². The molecule has 1 aliphatic carbocycles. The Morgan fingerprint density at radius 1 is 1.00 bits per heavy atom. The van der Waals surface area contributed by atoms with Gasteiger partial charge in [-0.3, -0.25) is 9.59 Å². The van der Waals surface area contributed by atoms with Crippen LogP contribution in [0.25, 0.3) is 0 Å². The number of hydrogen-bond acceptors (Lipinski definition) is 3. The number of nitrogens with one attached hydrogen (secondary N) is 2. The molecule has 2 aliphatic rings. The summed E-state index contributed by atoms with van der Waals surface area (Å²) in [5.41, 5.74) is 8.72. The van der Waals surface area contributed by atoms with Gasteiger partial charge >= 0.3 is 0 Å². The molecule has 0 spiro atoms. The van der Waals surface area contributed by atoms with Crippen molar-refractivity contribution in [2.75, 3.05) is 10.6 Å². The molecule has 1 aliphatic heterocycles. The number of anilines is 2. The van der Waals surface area contributed by atoms with Crippen LogP contribution in [0.5, 0.6) is 0 Å². The summed E-state index contributed by atoms with van der Waals surface area (Å²) in [6.07, 6.45) is 5.99. The normalized spacial score (nSPS) is 21.0. The van der Waals surface area contributed by atoms with Gasteiger partial charge in [0.05, 0.1) is 11.4 Å². The van der Waals surface area contributed by atoms with Crippen molar-refractivity contribution in [3.8, 4) is 0 Å². The van der Waals surface area contributed by atoms with Gasteiger partial charge in [-0.15, -0.1) is 0 Å². The number of carbonyl (C=O) groups is 2. The molecule has 1 aromatic carbocycles. The monoisotopic (exact) mass is 287 g/mol. The van der Waals surface area contributed by atoms with Gasteiger partial charge in [0.1, 0.15) is 6.42 Å². The van der Waals surface area contributed by atoms with E-state index in [-0.39, 0.29) is 24.3 Å². The second-order valence-corrected chi connectivity index (χ2v) is 6.00. The van der Waals surface area contributed by atoms with Gasteiger partial charge in [0.25, 0.3) is 0 Å². The minimum Gasteiger partial charge on any atom is -0.324 e. The molecular formula is C16H21N3O2. The first kappa shape index (κ1) is 14.1. The third kappa shape index (κ3) is 3.08. The standard InChI is InChI=1S/C16H21N3O2/c17-16(10-4-2-1-3-5-10)11-6-7-12-13(8-11)19-15(21)9-14(20)18-12/h6-8,10,16H,1-5,9,17H2,(H,18,20)(H,19,21). The first-order chi connectivity index (χ1) is 10.1. The zero-order valence-corrected chi connectivity index (χ0v) is 12.0. The van der Waals surface area contributed by atoms with Crippen LogP contribution >= 0.6 is 0 Å². The van der Waals surface area contributed by atoms with Gasteiger partial charge in [0.2, 0.25) is 11.8 Å². The van der Waals surface area contributed by atoms with E-state index in [0.29, 0.717) is 17.3 Å². The average molecular weight is 287 g/mol. The van der Waals surface area contributed by atoms with Crippen molar-refractivity contribution in [2.24, 2.45) is 11.7 Å². The summed E-state index contributed by atoms with van der Waals surface area (Å²) < 4.78 is 0. The fourth-order valence-corrected chi connectivity index (χ4v) is 3.28. The van der Waals surface area contributed by atoms with E-state index in [2.05, 4.69) is 10.6 Å². The highest BCUT2D eigenvalue weighted by Crippen LogP contribution is 2.35. The van der Waals surface area contributed by atoms with E-state index in [1.54, 1.807) is 0 Å². The lowest BCUT2D eigenvalue weighted by Crippen LogP contribution is -2.23. The second-order valence-electron chi connectivity index (χ2n) is 6.00. The summed E-state index contributed by atoms with van der Waals surface area (Å²) in [7, 11) is 0. The molecule has 2 amide bonds. The van der Waals surface area contributed by atoms with Crippen LogP contribution < -0.4 is 16.4 Å². The summed E-state index contributed by atoms with van der Waals surface area (Å²) in [4.78, 5) is 23.2. The Balaban J connectivity index is 1.84. The largest absolute Gasteiger partial charge is 0.324 e. The van der Waals surface area contributed by atoms with E-state index >= 15 is 0 Å². The van der Waals surface area contributed by atoms with Crippen LogP contribution in [0, 0.1) is 5.92 Å². The zero-order chi connectivity index (χ0) is 14.8. The summed E-state index contributed by atoms with van der Waals surface area (Å²) in [5.74, 6) is -0.0573. The van der Waals surface area contributed by atoms with Crippen LogP contribution in [-0.2, 0) is 9.59 Å². The summed E-state index contributed by atoms with van der Waals surface area (Å²) in [5, 5.41) is 5.51. The Labute approximate surface area is 124 Å².